The van der Waals surface area contributed by atoms with Gasteiger partial charge in [-0.25, -0.2) is 4.79 Å². The lowest BCUT2D eigenvalue weighted by molar-refractivity contribution is -0.384. The average molecular weight is 604 g/mol. The fraction of sp³-hybridized carbons (Fsp3) is 0.0870. The number of nitrogens with one attached hydrogen (secondary N) is 1. The highest BCUT2D eigenvalue weighted by molar-refractivity contribution is 9.13. The van der Waals surface area contributed by atoms with Gasteiger partial charge in [0.05, 0.1) is 33.6 Å². The Morgan fingerprint density at radius 2 is 1.89 bits per heavy atom. The molecule has 35 heavy (non-hydrogen) atoms. The number of aromatic amines is 1. The summed E-state index contributed by atoms with van der Waals surface area (Å²) < 4.78 is 13.1. The predicted molar refractivity (Wildman–Crippen MR) is 138 cm³/mol. The topological polar surface area (TPSA) is 129 Å². The van der Waals surface area contributed by atoms with Crippen molar-refractivity contribution < 1.29 is 14.4 Å². The summed E-state index contributed by atoms with van der Waals surface area (Å²) in [4.78, 5) is 38.2. The van der Waals surface area contributed by atoms with E-state index in [1.165, 1.54) is 25.5 Å². The molecule has 178 valence electrons. The summed E-state index contributed by atoms with van der Waals surface area (Å²) in [6.07, 6.45) is 1.34. The first-order valence-corrected chi connectivity index (χ1v) is 11.6. The second-order valence-corrected chi connectivity index (χ2v) is 8.76. The van der Waals surface area contributed by atoms with Crippen molar-refractivity contribution in [2.45, 2.75) is 6.61 Å². The highest BCUT2D eigenvalue weighted by atomic mass is 79.9. The number of methoxy groups -OCH3 is 1. The van der Waals surface area contributed by atoms with Crippen molar-refractivity contribution in [2.24, 2.45) is 5.10 Å². The number of hydrogen-bond acceptors (Lipinski definition) is 7. The van der Waals surface area contributed by atoms with Crippen LogP contribution in [0.25, 0.3) is 10.9 Å². The smallest absolute Gasteiger partial charge is 0.349 e. The zero-order valence-electron chi connectivity index (χ0n) is 18.0. The maximum Gasteiger partial charge on any atom is 0.349 e. The molecule has 3 aromatic carbocycles. The fourth-order valence-corrected chi connectivity index (χ4v) is 4.21. The number of halogens is 2. The monoisotopic (exact) mass is 602 g/mol. The van der Waals surface area contributed by atoms with E-state index in [1.807, 2.05) is 0 Å². The summed E-state index contributed by atoms with van der Waals surface area (Å²) in [5, 5.41) is 15.4. The molecule has 0 saturated carbocycles. The molecule has 0 saturated heterocycles. The van der Waals surface area contributed by atoms with E-state index < -0.39 is 16.2 Å². The molecule has 0 aliphatic carbocycles. The molecule has 4 aromatic rings. The molecule has 0 spiro atoms. The van der Waals surface area contributed by atoms with E-state index in [4.69, 9.17) is 9.47 Å². The van der Waals surface area contributed by atoms with Crippen LogP contribution in [0.2, 0.25) is 0 Å². The quantitative estimate of drug-likeness (QED) is 0.187. The number of nitrogens with zero attached hydrogens (tertiary/aromatic N) is 3. The number of H-pyrrole nitrogens is 1. The van der Waals surface area contributed by atoms with Crippen molar-refractivity contribution in [3.63, 3.8) is 0 Å². The van der Waals surface area contributed by atoms with Crippen molar-refractivity contribution in [3.05, 3.63) is 106 Å². The first kappa shape index (κ1) is 24.4. The number of benzene rings is 3. The van der Waals surface area contributed by atoms with Crippen LogP contribution in [0.3, 0.4) is 0 Å². The molecule has 10 nitrogen and oxygen atoms in total. The second kappa shape index (κ2) is 10.2. The number of non-ortho nitro benzene ring substituents is 1. The molecule has 1 heterocycles. The van der Waals surface area contributed by atoms with Gasteiger partial charge in [0, 0.05) is 22.2 Å². The van der Waals surface area contributed by atoms with Gasteiger partial charge < -0.3 is 14.5 Å². The molecule has 0 aliphatic rings. The van der Waals surface area contributed by atoms with E-state index in [0.717, 1.165) is 4.68 Å². The highest BCUT2D eigenvalue weighted by Gasteiger charge is 2.17. The van der Waals surface area contributed by atoms with E-state index in [-0.39, 0.29) is 12.3 Å². The third kappa shape index (κ3) is 5.03. The molecule has 0 bridgehead atoms. The Hall–Kier alpha value is -3.77. The zero-order valence-corrected chi connectivity index (χ0v) is 21.2. The molecule has 0 amide bonds. The van der Waals surface area contributed by atoms with Crippen molar-refractivity contribution in [1.82, 2.24) is 9.66 Å². The van der Waals surface area contributed by atoms with E-state index in [2.05, 4.69) is 41.9 Å². The normalized spacial score (nSPS) is 11.2. The largest absolute Gasteiger partial charge is 0.493 e. The lowest BCUT2D eigenvalue weighted by atomic mass is 10.2. The second-order valence-electron chi connectivity index (χ2n) is 7.18. The molecule has 0 atom stereocenters. The minimum absolute atomic E-state index is 0.0382. The first-order valence-electron chi connectivity index (χ1n) is 10.0. The van der Waals surface area contributed by atoms with Gasteiger partial charge in [-0.15, -0.1) is 4.68 Å². The zero-order chi connectivity index (χ0) is 25.1. The van der Waals surface area contributed by atoms with Gasteiger partial charge in [0.15, 0.2) is 11.5 Å². The van der Waals surface area contributed by atoms with Gasteiger partial charge >= 0.3 is 5.69 Å². The Kier molecular flexibility index (Phi) is 7.12. The number of aromatic nitrogens is 2. The fourth-order valence-electron chi connectivity index (χ4n) is 3.28. The van der Waals surface area contributed by atoms with Crippen LogP contribution >= 0.6 is 31.9 Å². The third-order valence-electron chi connectivity index (χ3n) is 4.98. The van der Waals surface area contributed by atoms with Crippen LogP contribution < -0.4 is 20.7 Å². The van der Waals surface area contributed by atoms with E-state index in [9.17, 15) is 19.7 Å². The lowest BCUT2D eigenvalue weighted by Gasteiger charge is -2.15. The van der Waals surface area contributed by atoms with Gasteiger partial charge in [-0.1, -0.05) is 24.3 Å². The van der Waals surface area contributed by atoms with Gasteiger partial charge in [-0.3, -0.25) is 14.9 Å². The Labute approximate surface area is 214 Å². The van der Waals surface area contributed by atoms with Crippen molar-refractivity contribution in [1.29, 1.82) is 0 Å². The van der Waals surface area contributed by atoms with Gasteiger partial charge in [-0.2, -0.15) is 5.10 Å². The maximum atomic E-state index is 12.7. The lowest BCUT2D eigenvalue weighted by Crippen LogP contribution is -2.32. The maximum absolute atomic E-state index is 12.7. The molecule has 0 radical (unpaired) electrons. The van der Waals surface area contributed by atoms with Crippen LogP contribution in [0.15, 0.2) is 78.2 Å². The summed E-state index contributed by atoms with van der Waals surface area (Å²) in [5.41, 5.74) is 0.248. The Morgan fingerprint density at radius 1 is 1.11 bits per heavy atom. The molecular formula is C23H16Br2N4O6. The predicted octanol–water partition coefficient (Wildman–Crippen LogP) is 4.59. The van der Waals surface area contributed by atoms with Crippen LogP contribution in [0.1, 0.15) is 11.1 Å². The average Bonchev–Trinajstić information content (AvgIpc) is 2.85. The van der Waals surface area contributed by atoms with E-state index >= 15 is 0 Å². The van der Waals surface area contributed by atoms with Crippen molar-refractivity contribution >= 4 is 54.7 Å². The molecule has 4 rings (SSSR count). The summed E-state index contributed by atoms with van der Waals surface area (Å²) in [6, 6.07) is 14.4. The van der Waals surface area contributed by atoms with E-state index in [1.54, 1.807) is 42.5 Å². The van der Waals surface area contributed by atoms with Gasteiger partial charge in [0.2, 0.25) is 0 Å². The summed E-state index contributed by atoms with van der Waals surface area (Å²) in [7, 11) is 1.45. The Balaban J connectivity index is 1.67. The van der Waals surface area contributed by atoms with Crippen LogP contribution in [0, 0.1) is 10.1 Å². The molecule has 0 fully saturated rings. The minimum atomic E-state index is -0.677. The number of ether oxygens (including phenoxy) is 2. The minimum Gasteiger partial charge on any atom is -0.493 e. The Morgan fingerprint density at radius 3 is 2.63 bits per heavy atom. The van der Waals surface area contributed by atoms with Crippen LogP contribution in [-0.2, 0) is 6.61 Å². The van der Waals surface area contributed by atoms with Crippen LogP contribution in [0.4, 0.5) is 5.69 Å². The Bertz CT molecular complexity index is 1600. The number of rotatable bonds is 7. The van der Waals surface area contributed by atoms with Gasteiger partial charge in [0.25, 0.3) is 11.2 Å². The third-order valence-corrected chi connectivity index (χ3v) is 7.12. The highest BCUT2D eigenvalue weighted by Crippen LogP contribution is 2.42. The standard InChI is InChI=1S/C23H16Br2N4O6/c1-34-18-10-14(11-26-28-22(30)16-7-2-3-8-17(16)27-23(28)31)19(24)20(25)21(18)35-12-13-5-4-6-15(9-13)29(32)33/h2-11H,12H2,1H3,(H,27,31). The summed E-state index contributed by atoms with van der Waals surface area (Å²) >= 11 is 6.93. The SMILES string of the molecule is COc1cc(C=Nn2c(=O)[nH]c3ccccc3c2=O)c(Br)c(Br)c1OCc1cccc([N+](=O)[O-])c1. The molecule has 0 aliphatic heterocycles. The molecule has 12 heteroatoms. The van der Waals surface area contributed by atoms with Crippen molar-refractivity contribution in [2.75, 3.05) is 7.11 Å². The van der Waals surface area contributed by atoms with Gasteiger partial charge in [0.1, 0.15) is 6.61 Å². The number of nitro benzene ring substituents is 1. The first-order chi connectivity index (χ1) is 16.8. The van der Waals surface area contributed by atoms with Gasteiger partial charge in [-0.05, 0) is 55.6 Å². The number of nitro groups is 1. The molecule has 1 N–H and O–H groups in total. The number of fused-ring (bicyclic) bond motifs is 1. The van der Waals surface area contributed by atoms with Crippen molar-refractivity contribution in [3.8, 4) is 11.5 Å². The molecule has 0 unspecified atom stereocenters. The van der Waals surface area contributed by atoms with E-state index in [0.29, 0.717) is 42.5 Å². The molecular weight excluding hydrogens is 588 g/mol. The number of para-hydroxylation sites is 1. The molecule has 1 aromatic heterocycles. The summed E-state index contributed by atoms with van der Waals surface area (Å²) in [6.45, 7) is 0.0539. The summed E-state index contributed by atoms with van der Waals surface area (Å²) in [5.74, 6) is 0.690. The number of hydrogen-bond donors (Lipinski definition) is 1. The van der Waals surface area contributed by atoms with Crippen LogP contribution in [-0.4, -0.2) is 27.9 Å². The van der Waals surface area contributed by atoms with Crippen LogP contribution in [0.5, 0.6) is 11.5 Å².